The zero-order chi connectivity index (χ0) is 12.8. The van der Waals surface area contributed by atoms with E-state index in [-0.39, 0.29) is 18.0 Å². The maximum atomic E-state index is 11.9. The molecule has 1 heterocycles. The molecule has 1 rings (SSSR count). The first-order chi connectivity index (χ1) is 8.06. The van der Waals surface area contributed by atoms with Gasteiger partial charge in [-0.1, -0.05) is 26.7 Å². The molecule has 17 heavy (non-hydrogen) atoms. The largest absolute Gasteiger partial charge is 0.355 e. The molecular weight excluding hydrogens is 214 g/mol. The van der Waals surface area contributed by atoms with Crippen molar-refractivity contribution in [1.82, 2.24) is 10.2 Å². The van der Waals surface area contributed by atoms with Gasteiger partial charge in [0.1, 0.15) is 0 Å². The fraction of sp³-hybridized carbons (Fsp3) is 0.923. The third-order valence-electron chi connectivity index (χ3n) is 3.71. The molecule has 4 heteroatoms. The minimum Gasteiger partial charge on any atom is -0.355 e. The van der Waals surface area contributed by atoms with E-state index in [1.807, 2.05) is 6.92 Å². The van der Waals surface area contributed by atoms with Crippen LogP contribution in [0.5, 0.6) is 0 Å². The third kappa shape index (κ3) is 4.28. The molecule has 0 aromatic rings. The van der Waals surface area contributed by atoms with Crippen molar-refractivity contribution in [3.05, 3.63) is 0 Å². The molecule has 1 amide bonds. The monoisotopic (exact) mass is 241 g/mol. The van der Waals surface area contributed by atoms with Gasteiger partial charge in [0.15, 0.2) is 0 Å². The number of amides is 1. The lowest BCUT2D eigenvalue weighted by Crippen LogP contribution is -2.45. The van der Waals surface area contributed by atoms with E-state index in [1.165, 1.54) is 12.8 Å². The second-order valence-corrected chi connectivity index (χ2v) is 5.27. The Morgan fingerprint density at radius 2 is 2.18 bits per heavy atom. The van der Waals surface area contributed by atoms with E-state index < -0.39 is 0 Å². The molecule has 0 spiro atoms. The number of nitrogens with one attached hydrogen (secondary N) is 1. The first kappa shape index (κ1) is 14.5. The van der Waals surface area contributed by atoms with Crippen LogP contribution in [0.4, 0.5) is 0 Å². The van der Waals surface area contributed by atoms with Gasteiger partial charge in [0.25, 0.3) is 0 Å². The normalized spacial score (nSPS) is 27.1. The van der Waals surface area contributed by atoms with Gasteiger partial charge in [-0.05, 0) is 19.3 Å². The highest BCUT2D eigenvalue weighted by Crippen LogP contribution is 2.17. The highest BCUT2D eigenvalue weighted by Gasteiger charge is 2.32. The summed E-state index contributed by atoms with van der Waals surface area (Å²) in [5.41, 5.74) is 5.97. The molecule has 0 radical (unpaired) electrons. The lowest BCUT2D eigenvalue weighted by Gasteiger charge is -2.23. The van der Waals surface area contributed by atoms with Crippen molar-refractivity contribution in [3.63, 3.8) is 0 Å². The van der Waals surface area contributed by atoms with E-state index in [4.69, 9.17) is 5.73 Å². The number of carbonyl (C=O) groups excluding carboxylic acids is 1. The van der Waals surface area contributed by atoms with Crippen LogP contribution in [-0.2, 0) is 4.79 Å². The van der Waals surface area contributed by atoms with Crippen molar-refractivity contribution in [2.45, 2.75) is 52.1 Å². The van der Waals surface area contributed by atoms with Crippen LogP contribution in [-0.4, -0.2) is 42.5 Å². The summed E-state index contributed by atoms with van der Waals surface area (Å²) in [6.07, 6.45) is 3.44. The van der Waals surface area contributed by atoms with Gasteiger partial charge in [0.05, 0.1) is 6.04 Å². The van der Waals surface area contributed by atoms with Crippen molar-refractivity contribution >= 4 is 5.91 Å². The first-order valence-electron chi connectivity index (χ1n) is 6.83. The summed E-state index contributed by atoms with van der Waals surface area (Å²) < 4.78 is 0. The van der Waals surface area contributed by atoms with Crippen molar-refractivity contribution < 1.29 is 4.79 Å². The molecule has 0 aromatic heterocycles. The number of hydrogen-bond donors (Lipinski definition) is 2. The summed E-state index contributed by atoms with van der Waals surface area (Å²) in [4.78, 5) is 14.1. The lowest BCUT2D eigenvalue weighted by molar-refractivity contribution is -0.125. The molecular formula is C13H27N3O. The minimum atomic E-state index is -0.0485. The van der Waals surface area contributed by atoms with Crippen molar-refractivity contribution in [3.8, 4) is 0 Å². The molecule has 0 saturated carbocycles. The topological polar surface area (TPSA) is 58.4 Å². The maximum absolute atomic E-state index is 11.9. The molecule has 1 aliphatic rings. The molecule has 100 valence electrons. The van der Waals surface area contributed by atoms with E-state index >= 15 is 0 Å². The number of rotatable bonds is 6. The van der Waals surface area contributed by atoms with Crippen molar-refractivity contribution in [1.29, 1.82) is 0 Å². The van der Waals surface area contributed by atoms with E-state index in [0.29, 0.717) is 5.92 Å². The molecule has 1 aliphatic heterocycles. The van der Waals surface area contributed by atoms with Crippen LogP contribution < -0.4 is 11.1 Å². The second kappa shape index (κ2) is 6.97. The predicted octanol–water partition coefficient (Wildman–Crippen LogP) is 0.960. The Labute approximate surface area is 105 Å². The van der Waals surface area contributed by atoms with Gasteiger partial charge in [-0.2, -0.15) is 0 Å². The fourth-order valence-electron chi connectivity index (χ4n) is 2.25. The van der Waals surface area contributed by atoms with Crippen LogP contribution in [0.3, 0.4) is 0 Å². The van der Waals surface area contributed by atoms with Crippen LogP contribution in [0, 0.1) is 5.92 Å². The Balaban J connectivity index is 2.27. The standard InChI is InChI=1S/C13H27N3O/c1-4-5-6-7-15-13(17)11(3)16-8-10(2)12(14)9-16/h10-12H,4-9,14H2,1-3H3,(H,15,17). The second-order valence-electron chi connectivity index (χ2n) is 5.27. The highest BCUT2D eigenvalue weighted by atomic mass is 16.2. The lowest BCUT2D eigenvalue weighted by atomic mass is 10.1. The summed E-state index contributed by atoms with van der Waals surface area (Å²) in [5.74, 6) is 0.632. The molecule has 0 aliphatic carbocycles. The Bertz CT molecular complexity index is 235. The zero-order valence-corrected chi connectivity index (χ0v) is 11.4. The fourth-order valence-corrected chi connectivity index (χ4v) is 2.25. The number of hydrogen-bond acceptors (Lipinski definition) is 3. The number of likely N-dealkylation sites (tertiary alicyclic amines) is 1. The van der Waals surface area contributed by atoms with E-state index in [0.717, 1.165) is 26.1 Å². The molecule has 4 nitrogen and oxygen atoms in total. The van der Waals surface area contributed by atoms with Gasteiger partial charge in [-0.15, -0.1) is 0 Å². The summed E-state index contributed by atoms with van der Waals surface area (Å²) in [6, 6.07) is 0.165. The smallest absolute Gasteiger partial charge is 0.237 e. The SMILES string of the molecule is CCCCCNC(=O)C(C)N1CC(C)C(N)C1. The van der Waals surface area contributed by atoms with Gasteiger partial charge >= 0.3 is 0 Å². The maximum Gasteiger partial charge on any atom is 0.237 e. The summed E-state index contributed by atoms with van der Waals surface area (Å²) in [7, 11) is 0. The van der Waals surface area contributed by atoms with Crippen LogP contribution in [0.15, 0.2) is 0 Å². The molecule has 1 saturated heterocycles. The summed E-state index contributed by atoms with van der Waals surface area (Å²) in [6.45, 7) is 8.86. The molecule has 3 N–H and O–H groups in total. The third-order valence-corrected chi connectivity index (χ3v) is 3.71. The summed E-state index contributed by atoms with van der Waals surface area (Å²) >= 11 is 0. The van der Waals surface area contributed by atoms with Gasteiger partial charge in [-0.3, -0.25) is 9.69 Å². The predicted molar refractivity (Wildman–Crippen MR) is 70.7 cm³/mol. The minimum absolute atomic E-state index is 0.0485. The molecule has 0 aromatic carbocycles. The number of nitrogens with zero attached hydrogens (tertiary/aromatic N) is 1. The van der Waals surface area contributed by atoms with Gasteiger partial charge < -0.3 is 11.1 Å². The average molecular weight is 241 g/mol. The van der Waals surface area contributed by atoms with Gasteiger partial charge in [0.2, 0.25) is 5.91 Å². The molecule has 1 fully saturated rings. The number of unbranched alkanes of at least 4 members (excludes halogenated alkanes) is 2. The van der Waals surface area contributed by atoms with E-state index in [9.17, 15) is 4.79 Å². The van der Waals surface area contributed by atoms with Crippen LogP contribution in [0.25, 0.3) is 0 Å². The number of nitrogens with two attached hydrogens (primary N) is 1. The molecule has 3 unspecified atom stereocenters. The highest BCUT2D eigenvalue weighted by molar-refractivity contribution is 5.81. The Morgan fingerprint density at radius 3 is 2.71 bits per heavy atom. The van der Waals surface area contributed by atoms with Crippen molar-refractivity contribution in [2.75, 3.05) is 19.6 Å². The van der Waals surface area contributed by atoms with Crippen LogP contribution in [0.2, 0.25) is 0 Å². The Morgan fingerprint density at radius 1 is 1.47 bits per heavy atom. The Hall–Kier alpha value is -0.610. The van der Waals surface area contributed by atoms with Gasteiger partial charge in [-0.25, -0.2) is 0 Å². The van der Waals surface area contributed by atoms with Crippen LogP contribution >= 0.6 is 0 Å². The summed E-state index contributed by atoms with van der Waals surface area (Å²) in [5, 5.41) is 3.00. The average Bonchev–Trinajstić information content (AvgIpc) is 2.64. The molecule has 3 atom stereocenters. The van der Waals surface area contributed by atoms with Crippen molar-refractivity contribution in [2.24, 2.45) is 11.7 Å². The van der Waals surface area contributed by atoms with E-state index in [2.05, 4.69) is 24.1 Å². The van der Waals surface area contributed by atoms with E-state index in [1.54, 1.807) is 0 Å². The van der Waals surface area contributed by atoms with Gasteiger partial charge in [0, 0.05) is 25.7 Å². The van der Waals surface area contributed by atoms with Crippen LogP contribution in [0.1, 0.15) is 40.0 Å². The quantitative estimate of drug-likeness (QED) is 0.681. The Kier molecular flexibility index (Phi) is 5.92. The number of carbonyl (C=O) groups is 1. The molecule has 0 bridgehead atoms. The first-order valence-corrected chi connectivity index (χ1v) is 6.83. The zero-order valence-electron chi connectivity index (χ0n) is 11.4.